The summed E-state index contributed by atoms with van der Waals surface area (Å²) in [6.45, 7) is 1.41. The van der Waals surface area contributed by atoms with Crippen molar-refractivity contribution in [1.82, 2.24) is 0 Å². The summed E-state index contributed by atoms with van der Waals surface area (Å²) < 4.78 is 34.4. The highest BCUT2D eigenvalue weighted by molar-refractivity contribution is 5.89. The lowest BCUT2D eigenvalue weighted by Gasteiger charge is -2.02. The average molecular weight is 168 g/mol. The fourth-order valence-electron chi connectivity index (χ4n) is 0.336. The average Bonchev–Trinajstić information content (AvgIpc) is 1.85. The maximum Gasteiger partial charge on any atom is 0.448 e. The van der Waals surface area contributed by atoms with Crippen molar-refractivity contribution in [3.05, 3.63) is 11.8 Å². The third kappa shape index (κ3) is 3.64. The molecule has 0 aliphatic carbocycles. The van der Waals surface area contributed by atoms with Crippen LogP contribution in [0.3, 0.4) is 0 Å². The highest BCUT2D eigenvalue weighted by atomic mass is 19.4. The van der Waals surface area contributed by atoms with Crippen LogP contribution in [0.2, 0.25) is 0 Å². The lowest BCUT2D eigenvalue weighted by molar-refractivity contribution is -0.125. The zero-order valence-corrected chi connectivity index (χ0v) is 5.77. The van der Waals surface area contributed by atoms with Gasteiger partial charge in [0.05, 0.1) is 0 Å². The maximum atomic E-state index is 11.5. The van der Waals surface area contributed by atoms with Crippen molar-refractivity contribution in [3.63, 3.8) is 0 Å². The van der Waals surface area contributed by atoms with Crippen molar-refractivity contribution in [2.75, 3.05) is 0 Å². The van der Waals surface area contributed by atoms with Crippen molar-refractivity contribution in [3.8, 4) is 0 Å². The van der Waals surface area contributed by atoms with Crippen molar-refractivity contribution >= 4 is 5.78 Å². The minimum atomic E-state index is -4.81. The van der Waals surface area contributed by atoms with E-state index in [4.69, 9.17) is 5.11 Å². The fourth-order valence-corrected chi connectivity index (χ4v) is 0.336. The number of hydrogen-bond donors (Lipinski definition) is 1. The molecule has 0 heterocycles. The number of carbonyl (C=O) groups excluding carboxylic acids is 1. The topological polar surface area (TPSA) is 37.3 Å². The maximum absolute atomic E-state index is 11.5. The monoisotopic (exact) mass is 168 g/mol. The Morgan fingerprint density at radius 1 is 1.55 bits per heavy atom. The Morgan fingerprint density at radius 2 is 2.00 bits per heavy atom. The number of ketones is 1. The van der Waals surface area contributed by atoms with Gasteiger partial charge >= 0.3 is 6.18 Å². The molecule has 0 bridgehead atoms. The molecule has 64 valence electrons. The number of rotatable bonds is 2. The third-order valence-corrected chi connectivity index (χ3v) is 0.937. The van der Waals surface area contributed by atoms with E-state index < -0.39 is 17.7 Å². The molecule has 0 spiro atoms. The first-order chi connectivity index (χ1) is 4.88. The van der Waals surface area contributed by atoms with Crippen LogP contribution in [-0.4, -0.2) is 17.1 Å². The SMILES string of the molecule is CCC(=O)C=C(O)C(F)(F)F. The summed E-state index contributed by atoms with van der Waals surface area (Å²) in [7, 11) is 0. The van der Waals surface area contributed by atoms with Crippen LogP contribution in [0.1, 0.15) is 13.3 Å². The van der Waals surface area contributed by atoms with Crippen LogP contribution in [0.5, 0.6) is 0 Å². The van der Waals surface area contributed by atoms with Gasteiger partial charge in [0.1, 0.15) is 0 Å². The summed E-state index contributed by atoms with van der Waals surface area (Å²) in [4.78, 5) is 10.3. The fraction of sp³-hybridized carbons (Fsp3) is 0.500. The van der Waals surface area contributed by atoms with Gasteiger partial charge in [-0.2, -0.15) is 13.2 Å². The smallest absolute Gasteiger partial charge is 0.448 e. The molecule has 0 aromatic carbocycles. The third-order valence-electron chi connectivity index (χ3n) is 0.937. The minimum Gasteiger partial charge on any atom is -0.504 e. The van der Waals surface area contributed by atoms with Gasteiger partial charge in [-0.05, 0) is 0 Å². The van der Waals surface area contributed by atoms with Crippen molar-refractivity contribution in [1.29, 1.82) is 0 Å². The van der Waals surface area contributed by atoms with Gasteiger partial charge in [-0.1, -0.05) is 6.92 Å². The molecule has 0 aliphatic heterocycles. The Bertz CT molecular complexity index is 181. The second kappa shape index (κ2) is 3.41. The van der Waals surface area contributed by atoms with Crippen LogP contribution in [0.4, 0.5) is 13.2 Å². The molecule has 11 heavy (non-hydrogen) atoms. The molecule has 1 N–H and O–H groups in total. The molecule has 0 aromatic rings. The van der Waals surface area contributed by atoms with Crippen LogP contribution < -0.4 is 0 Å². The summed E-state index contributed by atoms with van der Waals surface area (Å²) in [6, 6.07) is 0. The molecular formula is C6H7F3O2. The molecule has 0 amide bonds. The molecule has 0 rings (SSSR count). The molecule has 0 saturated heterocycles. The minimum absolute atomic E-state index is 0.0554. The number of aliphatic hydroxyl groups excluding tert-OH is 1. The second-order valence-corrected chi connectivity index (χ2v) is 1.85. The van der Waals surface area contributed by atoms with E-state index in [1.807, 2.05) is 0 Å². The van der Waals surface area contributed by atoms with Gasteiger partial charge in [0.15, 0.2) is 5.78 Å². The first-order valence-corrected chi connectivity index (χ1v) is 2.88. The van der Waals surface area contributed by atoms with Crippen LogP contribution in [0, 0.1) is 0 Å². The largest absolute Gasteiger partial charge is 0.504 e. The quantitative estimate of drug-likeness (QED) is 0.505. The molecule has 2 nitrogen and oxygen atoms in total. The highest BCUT2D eigenvalue weighted by Gasteiger charge is 2.34. The summed E-state index contributed by atoms with van der Waals surface area (Å²) in [5.41, 5.74) is 0. The summed E-state index contributed by atoms with van der Waals surface area (Å²) in [6.07, 6.45) is -4.69. The van der Waals surface area contributed by atoms with E-state index in [0.717, 1.165) is 0 Å². The number of alkyl halides is 3. The molecule has 5 heteroatoms. The first-order valence-electron chi connectivity index (χ1n) is 2.88. The van der Waals surface area contributed by atoms with Crippen molar-refractivity contribution in [2.45, 2.75) is 19.5 Å². The Morgan fingerprint density at radius 3 is 2.27 bits per heavy atom. The van der Waals surface area contributed by atoms with Gasteiger partial charge in [-0.3, -0.25) is 4.79 Å². The van der Waals surface area contributed by atoms with E-state index in [2.05, 4.69) is 0 Å². The Balaban J connectivity index is 4.35. The van der Waals surface area contributed by atoms with E-state index in [1.165, 1.54) is 6.92 Å². The summed E-state index contributed by atoms with van der Waals surface area (Å²) in [5, 5.41) is 8.20. The normalized spacial score (nSPS) is 13.3. The standard InChI is InChI=1S/C6H7F3O2/c1-2-4(10)3-5(11)6(7,8)9/h3,11H,2H2,1H3. The lowest BCUT2D eigenvalue weighted by Crippen LogP contribution is -2.12. The second-order valence-electron chi connectivity index (χ2n) is 1.85. The summed E-state index contributed by atoms with van der Waals surface area (Å²) >= 11 is 0. The van der Waals surface area contributed by atoms with Gasteiger partial charge in [0.2, 0.25) is 5.76 Å². The molecular weight excluding hydrogens is 161 g/mol. The Labute approximate surface area is 61.3 Å². The molecule has 0 aliphatic rings. The number of carbonyl (C=O) groups is 1. The van der Waals surface area contributed by atoms with Gasteiger partial charge in [-0.25, -0.2) is 0 Å². The molecule has 0 fully saturated rings. The predicted molar refractivity (Wildman–Crippen MR) is 32.1 cm³/mol. The lowest BCUT2D eigenvalue weighted by atomic mass is 10.3. The molecule has 0 saturated carbocycles. The predicted octanol–water partition coefficient (Wildman–Crippen LogP) is 1.97. The van der Waals surface area contributed by atoms with E-state index in [0.29, 0.717) is 0 Å². The van der Waals surface area contributed by atoms with E-state index >= 15 is 0 Å². The summed E-state index contributed by atoms with van der Waals surface area (Å²) in [5.74, 6) is -2.59. The van der Waals surface area contributed by atoms with Crippen molar-refractivity contribution in [2.24, 2.45) is 0 Å². The van der Waals surface area contributed by atoms with Gasteiger partial charge in [0.25, 0.3) is 0 Å². The number of halogens is 3. The molecule has 0 radical (unpaired) electrons. The van der Waals surface area contributed by atoms with Crippen LogP contribution in [0.15, 0.2) is 11.8 Å². The first kappa shape index (κ1) is 10.0. The van der Waals surface area contributed by atoms with Crippen LogP contribution in [-0.2, 0) is 4.79 Å². The van der Waals surface area contributed by atoms with Gasteiger partial charge in [0, 0.05) is 12.5 Å². The Hall–Kier alpha value is -1.00. The number of aliphatic hydroxyl groups is 1. The van der Waals surface area contributed by atoms with Crippen LogP contribution in [0.25, 0.3) is 0 Å². The number of hydrogen-bond acceptors (Lipinski definition) is 2. The van der Waals surface area contributed by atoms with Crippen LogP contribution >= 0.6 is 0 Å². The van der Waals surface area contributed by atoms with Gasteiger partial charge < -0.3 is 5.11 Å². The van der Waals surface area contributed by atoms with E-state index in [1.54, 1.807) is 0 Å². The molecule has 0 atom stereocenters. The van der Waals surface area contributed by atoms with Crippen molar-refractivity contribution < 1.29 is 23.1 Å². The van der Waals surface area contributed by atoms with E-state index in [-0.39, 0.29) is 12.5 Å². The van der Waals surface area contributed by atoms with Gasteiger partial charge in [-0.15, -0.1) is 0 Å². The molecule has 0 aromatic heterocycles. The zero-order chi connectivity index (χ0) is 9.07. The Kier molecular flexibility index (Phi) is 3.10. The van der Waals surface area contributed by atoms with E-state index in [9.17, 15) is 18.0 Å². The number of allylic oxidation sites excluding steroid dienone is 2. The highest BCUT2D eigenvalue weighted by Crippen LogP contribution is 2.22. The zero-order valence-electron chi connectivity index (χ0n) is 5.77. The molecule has 0 unspecified atom stereocenters.